The highest BCUT2D eigenvalue weighted by atomic mass is 32.1. The van der Waals surface area contributed by atoms with Crippen LogP contribution in [0.3, 0.4) is 0 Å². The Labute approximate surface area is 265 Å². The van der Waals surface area contributed by atoms with Gasteiger partial charge in [-0.1, -0.05) is 31.3 Å². The summed E-state index contributed by atoms with van der Waals surface area (Å²) in [6.45, 7) is 6.16. The van der Waals surface area contributed by atoms with Crippen LogP contribution in [0.4, 0.5) is 4.39 Å². The van der Waals surface area contributed by atoms with Gasteiger partial charge in [-0.3, -0.25) is 14.6 Å². The topological polar surface area (TPSA) is 123 Å². The number of carbonyl (C=O) groups is 2. The molecule has 1 amide bonds. The number of rotatable bonds is 9. The first-order valence-electron chi connectivity index (χ1n) is 15.5. The number of pyridine rings is 2. The predicted molar refractivity (Wildman–Crippen MR) is 169 cm³/mol. The Morgan fingerprint density at radius 3 is 2.67 bits per heavy atom. The minimum Gasteiger partial charge on any atom is -0.469 e. The number of likely N-dealkylation sites (tertiary alicyclic amines) is 1. The summed E-state index contributed by atoms with van der Waals surface area (Å²) in [5, 5.41) is 11.3. The number of thiazole rings is 1. The fourth-order valence-electron chi connectivity index (χ4n) is 6.27. The van der Waals surface area contributed by atoms with Crippen LogP contribution in [-0.2, 0) is 22.4 Å². The number of nitrogens with one attached hydrogen (secondary N) is 1. The maximum atomic E-state index is 15.5. The second-order valence-electron chi connectivity index (χ2n) is 12.4. The number of amides is 1. The highest BCUT2D eigenvalue weighted by Gasteiger charge is 2.38. The van der Waals surface area contributed by atoms with Crippen molar-refractivity contribution in [2.24, 2.45) is 11.8 Å². The molecule has 0 radical (unpaired) electrons. The Kier molecular flexibility index (Phi) is 9.14. The van der Waals surface area contributed by atoms with E-state index in [1.165, 1.54) is 18.4 Å². The number of methoxy groups -OCH3 is 1. The Hall–Kier alpha value is -3.90. The molecule has 1 fully saturated rings. The van der Waals surface area contributed by atoms with Crippen LogP contribution in [0.15, 0.2) is 42.9 Å². The summed E-state index contributed by atoms with van der Waals surface area (Å²) >= 11 is 1.26. The third-order valence-electron chi connectivity index (χ3n) is 9.27. The van der Waals surface area contributed by atoms with E-state index in [1.807, 2.05) is 38.1 Å². The van der Waals surface area contributed by atoms with Gasteiger partial charge in [0.15, 0.2) is 5.01 Å². The number of halogens is 1. The molecule has 45 heavy (non-hydrogen) atoms. The summed E-state index contributed by atoms with van der Waals surface area (Å²) < 4.78 is 20.4. The molecule has 2 atom stereocenters. The molecule has 0 spiro atoms. The number of fused-ring (bicyclic) bond motifs is 2. The maximum absolute atomic E-state index is 15.5. The van der Waals surface area contributed by atoms with Crippen molar-refractivity contribution in [3.05, 3.63) is 64.7 Å². The van der Waals surface area contributed by atoms with Crippen LogP contribution in [0.5, 0.6) is 0 Å². The number of alkyl halides is 1. The van der Waals surface area contributed by atoms with Crippen LogP contribution in [0, 0.1) is 11.8 Å². The molecule has 0 unspecified atom stereocenters. The lowest BCUT2D eigenvalue weighted by molar-refractivity contribution is -0.147. The van der Waals surface area contributed by atoms with E-state index in [-0.39, 0.29) is 29.8 Å². The summed E-state index contributed by atoms with van der Waals surface area (Å²) in [6.07, 6.45) is 8.58. The largest absolute Gasteiger partial charge is 0.469 e. The average molecular weight is 632 g/mol. The second-order valence-corrected chi connectivity index (χ2v) is 13.3. The van der Waals surface area contributed by atoms with E-state index in [1.54, 1.807) is 18.6 Å². The van der Waals surface area contributed by atoms with E-state index in [4.69, 9.17) is 9.72 Å². The van der Waals surface area contributed by atoms with Crippen molar-refractivity contribution in [2.45, 2.75) is 64.1 Å². The van der Waals surface area contributed by atoms with Gasteiger partial charge in [-0.05, 0) is 80.4 Å². The van der Waals surface area contributed by atoms with Gasteiger partial charge in [0.25, 0.3) is 5.91 Å². The van der Waals surface area contributed by atoms with E-state index in [0.29, 0.717) is 41.0 Å². The van der Waals surface area contributed by atoms with Crippen molar-refractivity contribution in [3.63, 3.8) is 0 Å². The van der Waals surface area contributed by atoms with Crippen molar-refractivity contribution < 1.29 is 18.7 Å². The van der Waals surface area contributed by atoms with Crippen LogP contribution in [0.1, 0.15) is 72.2 Å². The molecule has 6 rings (SSSR count). The van der Waals surface area contributed by atoms with Gasteiger partial charge in [0, 0.05) is 30.4 Å². The summed E-state index contributed by atoms with van der Waals surface area (Å²) in [4.78, 5) is 42.7. The van der Waals surface area contributed by atoms with Gasteiger partial charge >= 0.3 is 5.97 Å². The summed E-state index contributed by atoms with van der Waals surface area (Å²) in [7, 11) is 1.43. The number of nitrogens with zero attached hydrogens (tertiary/aromatic N) is 6. The molecule has 236 valence electrons. The number of esters is 1. The number of carbonyl (C=O) groups excluding carboxylic acids is 2. The Morgan fingerprint density at radius 2 is 1.98 bits per heavy atom. The highest BCUT2D eigenvalue weighted by Crippen LogP contribution is 2.38. The van der Waals surface area contributed by atoms with Gasteiger partial charge < -0.3 is 15.0 Å². The van der Waals surface area contributed by atoms with Crippen molar-refractivity contribution in [3.8, 4) is 11.3 Å². The van der Waals surface area contributed by atoms with Gasteiger partial charge in [-0.2, -0.15) is 10.2 Å². The fourth-order valence-corrected chi connectivity index (χ4v) is 7.11. The van der Waals surface area contributed by atoms with E-state index in [0.717, 1.165) is 60.6 Å². The quantitative estimate of drug-likeness (QED) is 0.250. The molecule has 10 nitrogen and oxygen atoms in total. The van der Waals surface area contributed by atoms with Crippen LogP contribution < -0.4 is 5.32 Å². The summed E-state index contributed by atoms with van der Waals surface area (Å²) in [5.74, 6) is -0.578. The molecule has 12 heteroatoms. The number of piperidine rings is 1. The first kappa shape index (κ1) is 31.1. The standard InChI is InChI=1S/C33H38FN7O3S/c1-20(2)33(34)11-6-26-24(17-33)16-28-30(39-26)45-31(40-28)29(42)38-27(10-15-41-13-8-21(9-14-41)32(43)44-3)22-4-5-25(35-18-22)23-7-12-36-37-19-23/h4-5,7,12,16,18-21,27H,6,8-11,13-15,17H2,1-3H3,(H,38,42)/t27-,33+/m1/s1. The fraction of sp³-hybridized carbons (Fsp3) is 0.485. The third-order valence-corrected chi connectivity index (χ3v) is 10.2. The molecule has 1 saturated heterocycles. The second kappa shape index (κ2) is 13.2. The molecule has 4 aromatic heterocycles. The molecular weight excluding hydrogens is 593 g/mol. The van der Waals surface area contributed by atoms with Gasteiger partial charge in [-0.15, -0.1) is 0 Å². The number of hydrogen-bond acceptors (Lipinski definition) is 10. The zero-order valence-electron chi connectivity index (χ0n) is 25.8. The SMILES string of the molecule is COC(=O)C1CCN(CC[C@@H](NC(=O)c2nc3cc4c(nc3s2)CC[C@@](F)(C(C)C)C4)c2ccc(-c3ccnnc3)nc2)CC1. The van der Waals surface area contributed by atoms with Gasteiger partial charge in [-0.25, -0.2) is 14.4 Å². The van der Waals surface area contributed by atoms with E-state index in [9.17, 15) is 9.59 Å². The smallest absolute Gasteiger partial charge is 0.308 e. The minimum atomic E-state index is -1.25. The number of aryl methyl sites for hydroxylation is 1. The normalized spacial score (nSPS) is 19.8. The zero-order chi connectivity index (χ0) is 31.6. The van der Waals surface area contributed by atoms with Crippen molar-refractivity contribution >= 4 is 33.6 Å². The Balaban J connectivity index is 1.20. The first-order valence-corrected chi connectivity index (χ1v) is 16.4. The van der Waals surface area contributed by atoms with E-state index < -0.39 is 5.67 Å². The zero-order valence-corrected chi connectivity index (χ0v) is 26.6. The molecule has 5 heterocycles. The molecule has 0 bridgehead atoms. The van der Waals surface area contributed by atoms with Gasteiger partial charge in [0.05, 0.1) is 37.2 Å². The molecule has 1 aliphatic heterocycles. The molecule has 0 saturated carbocycles. The minimum absolute atomic E-state index is 0.0637. The number of ether oxygens (including phenoxy) is 1. The molecule has 4 aromatic rings. The summed E-state index contributed by atoms with van der Waals surface area (Å²) in [6, 6.07) is 7.33. The lowest BCUT2D eigenvalue weighted by atomic mass is 9.77. The molecule has 1 N–H and O–H groups in total. The van der Waals surface area contributed by atoms with Gasteiger partial charge in [0.2, 0.25) is 0 Å². The highest BCUT2D eigenvalue weighted by molar-refractivity contribution is 7.19. The number of aromatic nitrogens is 5. The predicted octanol–water partition coefficient (Wildman–Crippen LogP) is 5.14. The van der Waals surface area contributed by atoms with Crippen molar-refractivity contribution in [1.29, 1.82) is 0 Å². The van der Waals surface area contributed by atoms with Crippen LogP contribution in [0.25, 0.3) is 21.6 Å². The molecule has 1 aliphatic carbocycles. The maximum Gasteiger partial charge on any atom is 0.308 e. The van der Waals surface area contributed by atoms with Crippen LogP contribution >= 0.6 is 11.3 Å². The summed E-state index contributed by atoms with van der Waals surface area (Å²) in [5.41, 5.74) is 3.65. The Morgan fingerprint density at radius 1 is 1.16 bits per heavy atom. The van der Waals surface area contributed by atoms with E-state index in [2.05, 4.69) is 30.4 Å². The lowest BCUT2D eigenvalue weighted by Gasteiger charge is -2.33. The van der Waals surface area contributed by atoms with Crippen molar-refractivity contribution in [2.75, 3.05) is 26.7 Å². The average Bonchev–Trinajstić information content (AvgIpc) is 3.49. The molecular formula is C33H38FN7O3S. The molecule has 0 aromatic carbocycles. The first-order chi connectivity index (χ1) is 21.7. The van der Waals surface area contributed by atoms with Crippen molar-refractivity contribution in [1.82, 2.24) is 35.4 Å². The number of hydrogen-bond donors (Lipinski definition) is 1. The van der Waals surface area contributed by atoms with Gasteiger partial charge in [0.1, 0.15) is 16.0 Å². The lowest BCUT2D eigenvalue weighted by Crippen LogP contribution is -2.39. The third kappa shape index (κ3) is 6.86. The molecule has 2 aliphatic rings. The van der Waals surface area contributed by atoms with Crippen LogP contribution in [-0.4, -0.2) is 74.3 Å². The van der Waals surface area contributed by atoms with Crippen LogP contribution in [0.2, 0.25) is 0 Å². The monoisotopic (exact) mass is 631 g/mol. The Bertz CT molecular complexity index is 1660. The van der Waals surface area contributed by atoms with E-state index >= 15 is 4.39 Å².